The molecule has 5 nitrogen and oxygen atoms in total. The Morgan fingerprint density at radius 2 is 1.85 bits per heavy atom. The number of hydrogen-bond acceptors (Lipinski definition) is 4. The minimum Gasteiger partial charge on any atom is -0.497 e. The van der Waals surface area contributed by atoms with Gasteiger partial charge in [0.25, 0.3) is 0 Å². The molecule has 1 saturated heterocycles. The number of methoxy groups -OCH3 is 1. The van der Waals surface area contributed by atoms with Gasteiger partial charge in [0, 0.05) is 31.6 Å². The minimum atomic E-state index is -0.256. The highest BCUT2D eigenvalue weighted by atomic mass is 19.1. The highest BCUT2D eigenvalue weighted by Gasteiger charge is 2.34. The summed E-state index contributed by atoms with van der Waals surface area (Å²) in [6.45, 7) is 2.07. The summed E-state index contributed by atoms with van der Waals surface area (Å²) < 4.78 is 18.2. The van der Waals surface area contributed by atoms with Gasteiger partial charge in [0.2, 0.25) is 5.91 Å². The van der Waals surface area contributed by atoms with Gasteiger partial charge >= 0.3 is 0 Å². The molecule has 3 rings (SSSR count). The summed E-state index contributed by atoms with van der Waals surface area (Å²) in [6.07, 6.45) is 0. The molecular formula is C21H26FN3O2. The molecule has 1 heterocycles. The van der Waals surface area contributed by atoms with Gasteiger partial charge < -0.3 is 15.4 Å². The molecule has 144 valence electrons. The molecule has 2 aromatic rings. The fourth-order valence-corrected chi connectivity index (χ4v) is 3.52. The maximum Gasteiger partial charge on any atom is 0.236 e. The Labute approximate surface area is 159 Å². The van der Waals surface area contributed by atoms with Crippen molar-refractivity contribution in [3.8, 4) is 5.75 Å². The molecule has 1 fully saturated rings. The molecule has 0 aliphatic carbocycles. The van der Waals surface area contributed by atoms with Crippen molar-refractivity contribution < 1.29 is 13.9 Å². The van der Waals surface area contributed by atoms with Crippen molar-refractivity contribution in [2.24, 2.45) is 5.73 Å². The lowest BCUT2D eigenvalue weighted by Gasteiger charge is -2.21. The molecule has 0 bridgehead atoms. The van der Waals surface area contributed by atoms with E-state index in [4.69, 9.17) is 10.5 Å². The van der Waals surface area contributed by atoms with Crippen LogP contribution >= 0.6 is 0 Å². The number of hydrogen-bond donors (Lipinski definition) is 1. The van der Waals surface area contributed by atoms with Gasteiger partial charge in [-0.2, -0.15) is 0 Å². The van der Waals surface area contributed by atoms with Crippen molar-refractivity contribution in [1.29, 1.82) is 0 Å². The van der Waals surface area contributed by atoms with Crippen molar-refractivity contribution in [3.63, 3.8) is 0 Å². The van der Waals surface area contributed by atoms with Gasteiger partial charge in [-0.05, 0) is 42.4 Å². The average molecular weight is 371 g/mol. The third kappa shape index (κ3) is 4.84. The Kier molecular flexibility index (Phi) is 6.08. The molecule has 2 unspecified atom stereocenters. The van der Waals surface area contributed by atoms with Crippen LogP contribution in [0.4, 0.5) is 4.39 Å². The third-order valence-corrected chi connectivity index (χ3v) is 5.03. The van der Waals surface area contributed by atoms with Crippen molar-refractivity contribution in [3.05, 3.63) is 65.5 Å². The minimum absolute atomic E-state index is 0.0612. The molecule has 6 heteroatoms. The summed E-state index contributed by atoms with van der Waals surface area (Å²) in [7, 11) is 3.53. The Morgan fingerprint density at radius 3 is 2.48 bits per heavy atom. The number of halogens is 1. The van der Waals surface area contributed by atoms with Crippen LogP contribution in [0.5, 0.6) is 5.75 Å². The maximum absolute atomic E-state index is 13.0. The highest BCUT2D eigenvalue weighted by molar-refractivity contribution is 5.78. The van der Waals surface area contributed by atoms with Crippen LogP contribution in [0.1, 0.15) is 17.0 Å². The fraction of sp³-hybridized carbons (Fsp3) is 0.381. The second kappa shape index (κ2) is 8.50. The van der Waals surface area contributed by atoms with Crippen LogP contribution in [0, 0.1) is 5.82 Å². The van der Waals surface area contributed by atoms with Crippen molar-refractivity contribution >= 4 is 5.91 Å². The summed E-state index contributed by atoms with van der Waals surface area (Å²) in [5.74, 6) is 0.738. The first-order valence-corrected chi connectivity index (χ1v) is 9.06. The van der Waals surface area contributed by atoms with Crippen LogP contribution in [0.25, 0.3) is 0 Å². The summed E-state index contributed by atoms with van der Waals surface area (Å²) in [5, 5.41) is 0. The molecule has 1 aliphatic heterocycles. The Morgan fingerprint density at radius 1 is 1.19 bits per heavy atom. The summed E-state index contributed by atoms with van der Waals surface area (Å²) >= 11 is 0. The van der Waals surface area contributed by atoms with Crippen LogP contribution in [-0.4, -0.2) is 55.5 Å². The van der Waals surface area contributed by atoms with Crippen LogP contribution < -0.4 is 10.5 Å². The van der Waals surface area contributed by atoms with E-state index < -0.39 is 0 Å². The lowest BCUT2D eigenvalue weighted by molar-refractivity contribution is -0.131. The molecule has 0 aromatic heterocycles. The predicted molar refractivity (Wildman–Crippen MR) is 103 cm³/mol. The maximum atomic E-state index is 13.0. The predicted octanol–water partition coefficient (Wildman–Crippen LogP) is 2.22. The van der Waals surface area contributed by atoms with E-state index in [1.54, 1.807) is 19.2 Å². The van der Waals surface area contributed by atoms with Crippen LogP contribution in [0.2, 0.25) is 0 Å². The smallest absolute Gasteiger partial charge is 0.236 e. The number of rotatable bonds is 6. The number of nitrogens with two attached hydrogens (primary N) is 1. The van der Waals surface area contributed by atoms with E-state index in [9.17, 15) is 9.18 Å². The Bertz CT molecular complexity index is 764. The molecular weight excluding hydrogens is 345 g/mol. The molecule has 2 N–H and O–H groups in total. The second-order valence-corrected chi connectivity index (χ2v) is 7.14. The fourth-order valence-electron chi connectivity index (χ4n) is 3.52. The quantitative estimate of drug-likeness (QED) is 0.846. The summed E-state index contributed by atoms with van der Waals surface area (Å²) in [4.78, 5) is 16.4. The molecule has 2 atom stereocenters. The van der Waals surface area contributed by atoms with Gasteiger partial charge in [-0.1, -0.05) is 24.3 Å². The van der Waals surface area contributed by atoms with E-state index in [1.807, 2.05) is 41.1 Å². The molecule has 1 aliphatic rings. The van der Waals surface area contributed by atoms with Gasteiger partial charge in [0.15, 0.2) is 0 Å². The van der Waals surface area contributed by atoms with Gasteiger partial charge in [-0.3, -0.25) is 9.69 Å². The highest BCUT2D eigenvalue weighted by Crippen LogP contribution is 2.28. The number of carbonyl (C=O) groups excluding carboxylic acids is 1. The average Bonchev–Trinajstić information content (AvgIpc) is 3.05. The van der Waals surface area contributed by atoms with Crippen molar-refractivity contribution in [2.45, 2.75) is 18.5 Å². The van der Waals surface area contributed by atoms with Crippen molar-refractivity contribution in [1.82, 2.24) is 9.80 Å². The number of carbonyl (C=O) groups is 1. The van der Waals surface area contributed by atoms with Gasteiger partial charge in [-0.15, -0.1) is 0 Å². The first-order valence-electron chi connectivity index (χ1n) is 9.06. The number of nitrogens with zero attached hydrogens (tertiary/aromatic N) is 2. The SMILES string of the molecule is COc1ccc(C2CN(C(=O)CN(C)Cc3ccc(F)cc3)CC2N)cc1. The molecule has 0 spiro atoms. The lowest BCUT2D eigenvalue weighted by atomic mass is 9.95. The monoisotopic (exact) mass is 371 g/mol. The molecule has 2 aromatic carbocycles. The van der Waals surface area contributed by atoms with Gasteiger partial charge in [-0.25, -0.2) is 4.39 Å². The molecule has 1 amide bonds. The Hall–Kier alpha value is -2.44. The first-order chi connectivity index (χ1) is 13.0. The zero-order valence-electron chi connectivity index (χ0n) is 15.8. The molecule has 0 saturated carbocycles. The summed E-state index contributed by atoms with van der Waals surface area (Å²) in [5.41, 5.74) is 8.40. The topological polar surface area (TPSA) is 58.8 Å². The number of benzene rings is 2. The van der Waals surface area contributed by atoms with E-state index >= 15 is 0 Å². The third-order valence-electron chi connectivity index (χ3n) is 5.03. The number of ether oxygens (including phenoxy) is 1. The van der Waals surface area contributed by atoms with Crippen LogP contribution in [-0.2, 0) is 11.3 Å². The summed E-state index contributed by atoms with van der Waals surface area (Å²) in [6, 6.07) is 14.1. The normalized spacial score (nSPS) is 19.5. The zero-order valence-corrected chi connectivity index (χ0v) is 15.8. The van der Waals surface area contributed by atoms with Crippen LogP contribution in [0.15, 0.2) is 48.5 Å². The second-order valence-electron chi connectivity index (χ2n) is 7.14. The molecule has 0 radical (unpaired) electrons. The Balaban J connectivity index is 1.56. The van der Waals surface area contributed by atoms with Crippen molar-refractivity contribution in [2.75, 3.05) is 33.8 Å². The first kappa shape index (κ1) is 19.3. The van der Waals surface area contributed by atoms with E-state index in [-0.39, 0.29) is 23.7 Å². The molecule has 27 heavy (non-hydrogen) atoms. The van der Waals surface area contributed by atoms with Gasteiger partial charge in [0.05, 0.1) is 13.7 Å². The van der Waals surface area contributed by atoms with Gasteiger partial charge in [0.1, 0.15) is 11.6 Å². The van der Waals surface area contributed by atoms with E-state index in [1.165, 1.54) is 12.1 Å². The number of amides is 1. The zero-order chi connectivity index (χ0) is 19.4. The van der Waals surface area contributed by atoms with Crippen LogP contribution in [0.3, 0.4) is 0 Å². The standard InChI is InChI=1S/C21H26FN3O2/c1-24(11-15-3-7-17(22)8-4-15)14-21(26)25-12-19(20(23)13-25)16-5-9-18(27-2)10-6-16/h3-10,19-20H,11-14,23H2,1-2H3. The number of likely N-dealkylation sites (tertiary alicyclic amines) is 1. The van der Waals surface area contributed by atoms with E-state index in [0.29, 0.717) is 26.2 Å². The largest absolute Gasteiger partial charge is 0.497 e. The lowest BCUT2D eigenvalue weighted by Crippen LogP contribution is -2.38. The number of likely N-dealkylation sites (N-methyl/N-ethyl adjacent to an activating group) is 1. The van der Waals surface area contributed by atoms with E-state index in [2.05, 4.69) is 0 Å². The van der Waals surface area contributed by atoms with E-state index in [0.717, 1.165) is 16.9 Å².